The molecule has 0 aromatic heterocycles. The third kappa shape index (κ3) is 11.2. The van der Waals surface area contributed by atoms with Crippen molar-refractivity contribution in [1.82, 2.24) is 0 Å². The first-order valence-electron chi connectivity index (χ1n) is 18.7. The number of ether oxygens (including phenoxy) is 2. The Morgan fingerprint density at radius 2 is 1.04 bits per heavy atom. The summed E-state index contributed by atoms with van der Waals surface area (Å²) < 4.78 is 26.3. The van der Waals surface area contributed by atoms with E-state index in [9.17, 15) is 0 Å². The maximum absolute atomic E-state index is 6.56. The number of benzene rings is 3. The first-order valence-corrected chi connectivity index (χ1v) is 19.5. The van der Waals surface area contributed by atoms with Gasteiger partial charge in [-0.2, -0.15) is 0 Å². The van der Waals surface area contributed by atoms with Gasteiger partial charge in [-0.25, -0.2) is 0 Å². The molecule has 0 radical (unpaired) electrons. The lowest BCUT2D eigenvalue weighted by Gasteiger charge is -2.32. The van der Waals surface area contributed by atoms with Gasteiger partial charge in [-0.05, 0) is 113 Å². The number of halogens is 1. The Kier molecular flexibility index (Phi) is 15.0. The molecule has 0 N–H and O–H groups in total. The molecule has 266 valence electrons. The predicted molar refractivity (Wildman–Crippen MR) is 212 cm³/mol. The molecule has 2 atom stereocenters. The van der Waals surface area contributed by atoms with Gasteiger partial charge in [0.2, 0.25) is 0 Å². The van der Waals surface area contributed by atoms with Crippen molar-refractivity contribution in [2.24, 2.45) is 11.8 Å². The molecule has 1 aliphatic heterocycles. The quantitative estimate of drug-likeness (QED) is 0.115. The van der Waals surface area contributed by atoms with Crippen LogP contribution >= 0.6 is 15.9 Å². The van der Waals surface area contributed by atoms with Gasteiger partial charge in [0.1, 0.15) is 11.5 Å². The van der Waals surface area contributed by atoms with Gasteiger partial charge in [-0.1, -0.05) is 106 Å². The van der Waals surface area contributed by atoms with Gasteiger partial charge in [0.05, 0.1) is 24.4 Å². The van der Waals surface area contributed by atoms with E-state index in [0.29, 0.717) is 11.8 Å². The average molecular weight is 740 g/mol. The highest BCUT2D eigenvalue weighted by Gasteiger charge is 2.52. The van der Waals surface area contributed by atoms with Gasteiger partial charge in [-0.15, -0.1) is 0 Å². The van der Waals surface area contributed by atoms with Crippen molar-refractivity contribution in [3.63, 3.8) is 0 Å². The van der Waals surface area contributed by atoms with E-state index in [0.717, 1.165) is 69.7 Å². The minimum absolute atomic E-state index is 0.507. The van der Waals surface area contributed by atoms with Crippen LogP contribution in [-0.2, 0) is 9.31 Å². The number of unbranched alkanes of at least 4 members (excludes halogenated alkanes) is 2. The second kappa shape index (κ2) is 18.9. The number of hydrogen-bond acceptors (Lipinski definition) is 4. The van der Waals surface area contributed by atoms with Crippen molar-refractivity contribution in [3.05, 3.63) is 87.4 Å². The fourth-order valence-electron chi connectivity index (χ4n) is 5.81. The standard InChI is InChI=1S/C44H56BBrO4/c1-9-13-15-33(11-3)31-47-40-25-19-35(20-26-40)17-23-37-29-39(46)30-38(42(37)45-49-43(5,6)44(7,8)50-45)24-18-36-21-27-41(28-22-36)48-32-34(12-4)16-14-10-2/h19-22,25-30,33-34H,9-16,31-32H2,1-8H3. The Hall–Kier alpha value is -3.16. The third-order valence-corrected chi connectivity index (χ3v) is 10.5. The van der Waals surface area contributed by atoms with Crippen LogP contribution < -0.4 is 14.9 Å². The molecule has 0 spiro atoms. The van der Waals surface area contributed by atoms with Crippen LogP contribution in [0.2, 0.25) is 0 Å². The molecule has 0 saturated carbocycles. The summed E-state index contributed by atoms with van der Waals surface area (Å²) in [5.74, 6) is 16.5. The predicted octanol–water partition coefficient (Wildman–Crippen LogP) is 10.7. The van der Waals surface area contributed by atoms with Crippen LogP contribution in [0.4, 0.5) is 0 Å². The van der Waals surface area contributed by atoms with E-state index < -0.39 is 18.3 Å². The van der Waals surface area contributed by atoms with Gasteiger partial charge in [0, 0.05) is 32.2 Å². The molecule has 1 aliphatic rings. The highest BCUT2D eigenvalue weighted by Crippen LogP contribution is 2.37. The SMILES string of the molecule is CCCCC(CC)COc1ccc(C#Cc2cc(Br)cc(C#Cc3ccc(OCC(CC)CCCC)cc3)c2B2OC(C)(C)C(C)(C)O2)cc1. The fourth-order valence-corrected chi connectivity index (χ4v) is 6.27. The number of hydrogen-bond donors (Lipinski definition) is 0. The largest absolute Gasteiger partial charge is 0.497 e. The molecule has 0 amide bonds. The van der Waals surface area contributed by atoms with Crippen LogP contribution in [0.15, 0.2) is 65.1 Å². The molecule has 2 unspecified atom stereocenters. The maximum atomic E-state index is 6.56. The second-order valence-corrected chi connectivity index (χ2v) is 15.4. The molecule has 0 aliphatic carbocycles. The van der Waals surface area contributed by atoms with Crippen molar-refractivity contribution in [2.75, 3.05) is 13.2 Å². The molecule has 1 saturated heterocycles. The first kappa shape index (κ1) is 39.6. The maximum Gasteiger partial charge on any atom is 0.497 e. The van der Waals surface area contributed by atoms with Gasteiger partial charge in [0.15, 0.2) is 0 Å². The van der Waals surface area contributed by atoms with Gasteiger partial charge >= 0.3 is 7.12 Å². The summed E-state index contributed by atoms with van der Waals surface area (Å²) in [6.45, 7) is 18.7. The summed E-state index contributed by atoms with van der Waals surface area (Å²) in [7, 11) is -0.619. The molecular formula is C44H56BBrO4. The van der Waals surface area contributed by atoms with Crippen molar-refractivity contribution in [2.45, 2.75) is 118 Å². The molecular weight excluding hydrogens is 683 g/mol. The Labute approximate surface area is 311 Å². The average Bonchev–Trinajstić information content (AvgIpc) is 3.32. The lowest BCUT2D eigenvalue weighted by Crippen LogP contribution is -2.41. The van der Waals surface area contributed by atoms with Crippen molar-refractivity contribution >= 4 is 28.5 Å². The molecule has 4 nitrogen and oxygen atoms in total. The Balaban J connectivity index is 1.59. The van der Waals surface area contributed by atoms with E-state index in [2.05, 4.69) is 95.0 Å². The Morgan fingerprint density at radius 1 is 0.640 bits per heavy atom. The van der Waals surface area contributed by atoms with E-state index in [4.69, 9.17) is 18.8 Å². The third-order valence-electron chi connectivity index (χ3n) is 10.1. The summed E-state index contributed by atoms with van der Waals surface area (Å²) in [5.41, 5.74) is 3.24. The molecule has 4 rings (SSSR count). The zero-order valence-electron chi connectivity index (χ0n) is 31.6. The lowest BCUT2D eigenvalue weighted by atomic mass is 9.73. The molecule has 6 heteroatoms. The highest BCUT2D eigenvalue weighted by molar-refractivity contribution is 9.10. The topological polar surface area (TPSA) is 36.9 Å². The smallest absolute Gasteiger partial charge is 0.493 e. The van der Waals surface area contributed by atoms with E-state index in [1.165, 1.54) is 38.5 Å². The summed E-state index contributed by atoms with van der Waals surface area (Å²) in [6.07, 6.45) is 9.61. The molecule has 1 heterocycles. The second-order valence-electron chi connectivity index (χ2n) is 14.5. The van der Waals surface area contributed by atoms with Crippen molar-refractivity contribution < 1.29 is 18.8 Å². The first-order chi connectivity index (χ1) is 24.0. The van der Waals surface area contributed by atoms with Crippen LogP contribution in [0.25, 0.3) is 0 Å². The van der Waals surface area contributed by atoms with Gasteiger partial charge < -0.3 is 18.8 Å². The van der Waals surface area contributed by atoms with E-state index in [-0.39, 0.29) is 0 Å². The normalized spacial score (nSPS) is 15.7. The van der Waals surface area contributed by atoms with E-state index in [1.54, 1.807) is 0 Å². The molecule has 50 heavy (non-hydrogen) atoms. The summed E-state index contributed by atoms with van der Waals surface area (Å²) in [5, 5.41) is 0. The van der Waals surface area contributed by atoms with Gasteiger partial charge in [0.25, 0.3) is 0 Å². The highest BCUT2D eigenvalue weighted by atomic mass is 79.9. The minimum Gasteiger partial charge on any atom is -0.493 e. The number of rotatable bonds is 15. The summed E-state index contributed by atoms with van der Waals surface area (Å²) >= 11 is 3.72. The van der Waals surface area contributed by atoms with Crippen LogP contribution in [0, 0.1) is 35.5 Å². The summed E-state index contributed by atoms with van der Waals surface area (Å²) in [4.78, 5) is 0. The fraction of sp³-hybridized carbons (Fsp3) is 0.500. The molecule has 0 bridgehead atoms. The monoisotopic (exact) mass is 738 g/mol. The van der Waals surface area contributed by atoms with Crippen LogP contribution in [0.3, 0.4) is 0 Å². The van der Waals surface area contributed by atoms with Crippen LogP contribution in [0.1, 0.15) is 129 Å². The molecule has 3 aromatic rings. The van der Waals surface area contributed by atoms with E-state index in [1.807, 2.05) is 60.7 Å². The van der Waals surface area contributed by atoms with Crippen LogP contribution in [-0.4, -0.2) is 31.5 Å². The van der Waals surface area contributed by atoms with E-state index >= 15 is 0 Å². The van der Waals surface area contributed by atoms with Crippen molar-refractivity contribution in [3.8, 4) is 35.2 Å². The van der Waals surface area contributed by atoms with Gasteiger partial charge in [-0.3, -0.25) is 0 Å². The Bertz CT molecular complexity index is 1520. The molecule has 3 aromatic carbocycles. The van der Waals surface area contributed by atoms with Crippen molar-refractivity contribution in [1.29, 1.82) is 0 Å². The lowest BCUT2D eigenvalue weighted by molar-refractivity contribution is 0.00578. The Morgan fingerprint density at radius 3 is 1.40 bits per heavy atom. The minimum atomic E-state index is -0.619. The zero-order chi connectivity index (χ0) is 36.1. The zero-order valence-corrected chi connectivity index (χ0v) is 33.2. The van der Waals surface area contributed by atoms with Crippen LogP contribution in [0.5, 0.6) is 11.5 Å². The molecule has 1 fully saturated rings. The summed E-state index contributed by atoms with van der Waals surface area (Å²) in [6, 6.07) is 20.1.